The summed E-state index contributed by atoms with van der Waals surface area (Å²) < 4.78 is 11.2. The van der Waals surface area contributed by atoms with Gasteiger partial charge in [-0.1, -0.05) is 12.8 Å². The maximum absolute atomic E-state index is 13.3. The summed E-state index contributed by atoms with van der Waals surface area (Å²) in [5, 5.41) is 10.6. The van der Waals surface area contributed by atoms with Crippen LogP contribution in [-0.2, 0) is 19.1 Å². The Balaban J connectivity index is 1.37. The van der Waals surface area contributed by atoms with E-state index in [0.29, 0.717) is 49.1 Å². The molecule has 42 heavy (non-hydrogen) atoms. The Bertz CT molecular complexity index is 1060. The van der Waals surface area contributed by atoms with Crippen molar-refractivity contribution in [3.63, 3.8) is 0 Å². The Hall–Kier alpha value is -2.42. The van der Waals surface area contributed by atoms with Crippen molar-refractivity contribution >= 4 is 40.9 Å². The smallest absolute Gasteiger partial charge is 0.278 e. The number of unbranched alkanes of at least 4 members (excludes halogenated alkanes) is 3. The summed E-state index contributed by atoms with van der Waals surface area (Å²) in [5.41, 5.74) is 1.86. The quantitative estimate of drug-likeness (QED) is 0.109. The number of hydrogen-bond acceptors (Lipinski definition) is 7. The van der Waals surface area contributed by atoms with E-state index in [0.717, 1.165) is 89.1 Å². The lowest BCUT2D eigenvalue weighted by atomic mass is 9.81. The van der Waals surface area contributed by atoms with Crippen LogP contribution in [0.5, 0.6) is 5.75 Å². The molecular weight excluding hydrogens is 554 g/mol. The van der Waals surface area contributed by atoms with Gasteiger partial charge in [-0.3, -0.25) is 14.5 Å². The highest BCUT2D eigenvalue weighted by molar-refractivity contribution is 6.17. The van der Waals surface area contributed by atoms with E-state index in [2.05, 4.69) is 23.7 Å². The maximum atomic E-state index is 13.3. The highest BCUT2D eigenvalue weighted by Gasteiger charge is 2.37. The van der Waals surface area contributed by atoms with Gasteiger partial charge in [0.2, 0.25) is 0 Å². The number of hydrogen-bond donors (Lipinski definition) is 1. The number of halogens is 1. The minimum atomic E-state index is -0.137. The molecule has 234 valence electrons. The van der Waals surface area contributed by atoms with Crippen LogP contribution in [0.3, 0.4) is 0 Å². The zero-order valence-corrected chi connectivity index (χ0v) is 26.5. The average Bonchev–Trinajstić information content (AvgIpc) is 3.27. The monoisotopic (exact) mass is 603 g/mol. The minimum Gasteiger partial charge on any atom is -0.507 e. The van der Waals surface area contributed by atoms with Gasteiger partial charge in [-0.15, -0.1) is 11.6 Å². The molecule has 0 atom stereocenters. The van der Waals surface area contributed by atoms with Crippen molar-refractivity contribution in [2.75, 3.05) is 50.3 Å². The van der Waals surface area contributed by atoms with Gasteiger partial charge < -0.3 is 19.5 Å². The van der Waals surface area contributed by atoms with Gasteiger partial charge in [-0.25, -0.2) is 4.99 Å². The summed E-state index contributed by atoms with van der Waals surface area (Å²) >= 11 is 5.68. The fourth-order valence-electron chi connectivity index (χ4n) is 5.84. The van der Waals surface area contributed by atoms with E-state index >= 15 is 0 Å². The van der Waals surface area contributed by atoms with E-state index in [1.165, 1.54) is 0 Å². The number of amides is 1. The molecule has 1 amide bonds. The van der Waals surface area contributed by atoms with Gasteiger partial charge in [0.05, 0.1) is 13.2 Å². The van der Waals surface area contributed by atoms with Gasteiger partial charge in [0, 0.05) is 67.9 Å². The highest BCUT2D eigenvalue weighted by atomic mass is 35.5. The van der Waals surface area contributed by atoms with Gasteiger partial charge in [-0.05, 0) is 83.9 Å². The number of rotatable bonds is 19. The Morgan fingerprint density at radius 1 is 1.02 bits per heavy atom. The standard InChI is InChI=1S/C33H50ClN3O5/c1-4-36(5-2)29-17-14-27(32(39)24-29)23-30-33(40)37(25(3)35-30)28-15-12-26(13-16-28)31(38)11-10-20-42-22-21-41-19-9-7-6-8-18-34/h14,17,23-24,26,28,39H,4-13,15-16,18-22H2,1-3H3/b30-23-. The third-order valence-corrected chi connectivity index (χ3v) is 8.54. The highest BCUT2D eigenvalue weighted by Crippen LogP contribution is 2.33. The number of anilines is 1. The van der Waals surface area contributed by atoms with E-state index in [1.807, 2.05) is 19.1 Å². The molecule has 0 saturated heterocycles. The second-order valence-electron chi connectivity index (χ2n) is 11.2. The van der Waals surface area contributed by atoms with Crippen molar-refractivity contribution in [1.29, 1.82) is 0 Å². The van der Waals surface area contributed by atoms with Crippen molar-refractivity contribution in [2.45, 2.75) is 91.0 Å². The number of benzene rings is 1. The molecule has 0 spiro atoms. The van der Waals surface area contributed by atoms with Gasteiger partial charge in [0.15, 0.2) is 0 Å². The number of aliphatic imine (C=N–C) groups is 1. The van der Waals surface area contributed by atoms with Crippen molar-refractivity contribution in [3.8, 4) is 5.75 Å². The lowest BCUT2D eigenvalue weighted by molar-refractivity contribution is -0.126. The van der Waals surface area contributed by atoms with Crippen molar-refractivity contribution in [3.05, 3.63) is 29.5 Å². The van der Waals surface area contributed by atoms with Gasteiger partial charge in [-0.2, -0.15) is 0 Å². The van der Waals surface area contributed by atoms with E-state index in [1.54, 1.807) is 17.0 Å². The Morgan fingerprint density at radius 2 is 1.69 bits per heavy atom. The summed E-state index contributed by atoms with van der Waals surface area (Å²) in [5.74, 6) is 1.75. The number of amidine groups is 1. The number of aromatic hydroxyl groups is 1. The molecule has 1 aliphatic carbocycles. The molecule has 1 N–H and O–H groups in total. The molecule has 1 aliphatic heterocycles. The Kier molecular flexibility index (Phi) is 14.8. The number of alkyl halides is 1. The summed E-state index contributed by atoms with van der Waals surface area (Å²) in [7, 11) is 0. The molecule has 1 saturated carbocycles. The van der Waals surface area contributed by atoms with Crippen molar-refractivity contribution < 1.29 is 24.2 Å². The predicted octanol–water partition coefficient (Wildman–Crippen LogP) is 6.58. The Labute approximate surface area is 257 Å². The second kappa shape index (κ2) is 18.3. The summed E-state index contributed by atoms with van der Waals surface area (Å²) in [4.78, 5) is 34.6. The molecule has 0 bridgehead atoms. The number of nitrogens with zero attached hydrogens (tertiary/aromatic N) is 3. The second-order valence-corrected chi connectivity index (χ2v) is 11.6. The summed E-state index contributed by atoms with van der Waals surface area (Å²) in [6.07, 6.45) is 10.5. The fraction of sp³-hybridized carbons (Fsp3) is 0.667. The van der Waals surface area contributed by atoms with E-state index < -0.39 is 0 Å². The number of carbonyl (C=O) groups is 2. The Morgan fingerprint density at radius 3 is 2.33 bits per heavy atom. The third-order valence-electron chi connectivity index (χ3n) is 8.28. The van der Waals surface area contributed by atoms with Crippen LogP contribution < -0.4 is 4.90 Å². The molecule has 2 aliphatic rings. The SMILES string of the molecule is CCN(CC)c1ccc(/C=C2\N=C(C)N(C3CCC(C(=O)CCCOCCOCCCCCCCl)CC3)C2=O)c(O)c1. The van der Waals surface area contributed by atoms with E-state index in [4.69, 9.17) is 21.1 Å². The number of ketones is 1. The molecule has 0 aromatic heterocycles. The molecule has 3 rings (SSSR count). The molecule has 0 unspecified atom stereocenters. The molecular formula is C33H50ClN3O5. The van der Waals surface area contributed by atoms with Crippen LogP contribution >= 0.6 is 11.6 Å². The lowest BCUT2D eigenvalue weighted by Gasteiger charge is -2.34. The van der Waals surface area contributed by atoms with Crippen LogP contribution in [0.4, 0.5) is 5.69 Å². The van der Waals surface area contributed by atoms with Crippen LogP contribution in [0.1, 0.15) is 90.5 Å². The average molecular weight is 604 g/mol. The van der Waals surface area contributed by atoms with Crippen molar-refractivity contribution in [1.82, 2.24) is 4.90 Å². The predicted molar refractivity (Wildman–Crippen MR) is 170 cm³/mol. The first-order valence-electron chi connectivity index (χ1n) is 15.8. The molecule has 0 radical (unpaired) electrons. The van der Waals surface area contributed by atoms with Gasteiger partial charge >= 0.3 is 0 Å². The number of phenolic OH excluding ortho intramolecular Hbond substituents is 1. The normalized spacial score (nSPS) is 19.9. The molecule has 1 heterocycles. The zero-order chi connectivity index (χ0) is 30.3. The number of Topliss-reactive ketones (excluding diaryl/α,β-unsaturated/α-hetero) is 1. The van der Waals surface area contributed by atoms with Gasteiger partial charge in [0.25, 0.3) is 5.91 Å². The molecule has 9 heteroatoms. The first-order valence-corrected chi connectivity index (χ1v) is 16.4. The third kappa shape index (κ3) is 10.1. The fourth-order valence-corrected chi connectivity index (χ4v) is 6.03. The first kappa shape index (κ1) is 34.1. The van der Waals surface area contributed by atoms with Crippen molar-refractivity contribution in [2.24, 2.45) is 10.9 Å². The number of carbonyl (C=O) groups excluding carboxylic acids is 2. The molecule has 1 aromatic rings. The molecule has 1 fully saturated rings. The van der Waals surface area contributed by atoms with Crippen LogP contribution in [0.25, 0.3) is 6.08 Å². The molecule has 8 nitrogen and oxygen atoms in total. The number of ether oxygens (including phenoxy) is 2. The topological polar surface area (TPSA) is 91.7 Å². The summed E-state index contributed by atoms with van der Waals surface area (Å²) in [6, 6.07) is 5.57. The van der Waals surface area contributed by atoms with E-state index in [-0.39, 0.29) is 23.6 Å². The zero-order valence-electron chi connectivity index (χ0n) is 25.8. The molecule has 1 aromatic carbocycles. The minimum absolute atomic E-state index is 0.0403. The largest absolute Gasteiger partial charge is 0.507 e. The van der Waals surface area contributed by atoms with Crippen LogP contribution in [0, 0.1) is 5.92 Å². The number of phenols is 1. The summed E-state index contributed by atoms with van der Waals surface area (Å²) in [6.45, 7) is 10.2. The van der Waals surface area contributed by atoms with Crippen LogP contribution in [0.15, 0.2) is 28.9 Å². The van der Waals surface area contributed by atoms with Crippen LogP contribution in [-0.4, -0.2) is 79.0 Å². The van der Waals surface area contributed by atoms with Gasteiger partial charge in [0.1, 0.15) is 23.1 Å². The van der Waals surface area contributed by atoms with Crippen LogP contribution in [0.2, 0.25) is 0 Å². The maximum Gasteiger partial charge on any atom is 0.278 e. The van der Waals surface area contributed by atoms with E-state index in [9.17, 15) is 14.7 Å². The first-order chi connectivity index (χ1) is 20.4. The lowest BCUT2D eigenvalue weighted by Crippen LogP contribution is -2.43.